The number of nitrogens with one attached hydrogen (secondary N) is 1. The third-order valence-electron chi connectivity index (χ3n) is 5.56. The SMILES string of the molecule is CCOC(=O)CNC(=O)c1ncc(-c2ccc3nc(C)ccc3c2)c(C)c1OCc1ccccc1. The minimum atomic E-state index is -0.513. The van der Waals surface area contributed by atoms with Gasteiger partial charge in [-0.1, -0.05) is 42.5 Å². The molecule has 35 heavy (non-hydrogen) atoms. The van der Waals surface area contributed by atoms with Crippen molar-refractivity contribution < 1.29 is 19.1 Å². The van der Waals surface area contributed by atoms with E-state index in [-0.39, 0.29) is 25.5 Å². The zero-order chi connectivity index (χ0) is 24.8. The highest BCUT2D eigenvalue weighted by Crippen LogP contribution is 2.33. The largest absolute Gasteiger partial charge is 0.486 e. The van der Waals surface area contributed by atoms with Crippen molar-refractivity contribution in [2.24, 2.45) is 0 Å². The van der Waals surface area contributed by atoms with Crippen LogP contribution in [0.4, 0.5) is 0 Å². The highest BCUT2D eigenvalue weighted by Gasteiger charge is 2.21. The number of nitrogens with zero attached hydrogens (tertiary/aromatic N) is 2. The third kappa shape index (κ3) is 5.63. The molecule has 2 aromatic heterocycles. The molecule has 1 N–H and O–H groups in total. The number of carbonyl (C=O) groups excluding carboxylic acids is 2. The van der Waals surface area contributed by atoms with E-state index in [4.69, 9.17) is 9.47 Å². The van der Waals surface area contributed by atoms with Crippen LogP contribution in [-0.4, -0.2) is 35.0 Å². The van der Waals surface area contributed by atoms with Crippen molar-refractivity contribution in [1.82, 2.24) is 15.3 Å². The van der Waals surface area contributed by atoms with Gasteiger partial charge in [0.1, 0.15) is 13.2 Å². The number of hydrogen-bond donors (Lipinski definition) is 1. The zero-order valence-electron chi connectivity index (χ0n) is 20.0. The van der Waals surface area contributed by atoms with E-state index in [1.807, 2.05) is 74.5 Å². The van der Waals surface area contributed by atoms with Crippen molar-refractivity contribution >= 4 is 22.8 Å². The minimum absolute atomic E-state index is 0.115. The molecule has 0 unspecified atom stereocenters. The molecule has 7 heteroatoms. The summed E-state index contributed by atoms with van der Waals surface area (Å²) in [4.78, 5) is 33.6. The fraction of sp³-hybridized carbons (Fsp3) is 0.214. The third-order valence-corrected chi connectivity index (χ3v) is 5.56. The molecule has 4 rings (SSSR count). The predicted molar refractivity (Wildman–Crippen MR) is 134 cm³/mol. The lowest BCUT2D eigenvalue weighted by Crippen LogP contribution is -2.31. The van der Waals surface area contributed by atoms with Crippen LogP contribution in [0.3, 0.4) is 0 Å². The number of aryl methyl sites for hydroxylation is 1. The molecule has 0 saturated heterocycles. The number of rotatable bonds is 8. The Balaban J connectivity index is 1.70. The van der Waals surface area contributed by atoms with E-state index >= 15 is 0 Å². The van der Waals surface area contributed by atoms with Crippen molar-refractivity contribution in [2.45, 2.75) is 27.4 Å². The van der Waals surface area contributed by atoms with Crippen molar-refractivity contribution in [1.29, 1.82) is 0 Å². The molecule has 0 saturated carbocycles. The molecule has 2 heterocycles. The Bertz CT molecular complexity index is 1370. The Morgan fingerprint density at radius 2 is 1.80 bits per heavy atom. The second kappa shape index (κ2) is 10.8. The summed E-state index contributed by atoms with van der Waals surface area (Å²) in [5.74, 6) is -0.648. The highest BCUT2D eigenvalue weighted by molar-refractivity contribution is 5.98. The molecular weight excluding hydrogens is 442 g/mol. The first kappa shape index (κ1) is 23.9. The average Bonchev–Trinajstić information content (AvgIpc) is 2.87. The number of hydrogen-bond acceptors (Lipinski definition) is 6. The van der Waals surface area contributed by atoms with Crippen LogP contribution in [0.5, 0.6) is 5.75 Å². The van der Waals surface area contributed by atoms with Crippen LogP contribution in [0, 0.1) is 13.8 Å². The van der Waals surface area contributed by atoms with Gasteiger partial charge in [0.15, 0.2) is 11.4 Å². The lowest BCUT2D eigenvalue weighted by molar-refractivity contribution is -0.141. The molecule has 0 radical (unpaired) electrons. The van der Waals surface area contributed by atoms with E-state index < -0.39 is 11.9 Å². The monoisotopic (exact) mass is 469 g/mol. The van der Waals surface area contributed by atoms with Crippen LogP contribution in [0.1, 0.15) is 34.2 Å². The number of benzene rings is 2. The highest BCUT2D eigenvalue weighted by atomic mass is 16.5. The molecule has 4 aromatic rings. The minimum Gasteiger partial charge on any atom is -0.486 e. The summed E-state index contributed by atoms with van der Waals surface area (Å²) < 4.78 is 11.0. The molecular formula is C28H27N3O4. The number of esters is 1. The number of carbonyl (C=O) groups is 2. The molecule has 0 spiro atoms. The number of ether oxygens (including phenoxy) is 2. The lowest BCUT2D eigenvalue weighted by Gasteiger charge is -2.17. The lowest BCUT2D eigenvalue weighted by atomic mass is 9.99. The van der Waals surface area contributed by atoms with Gasteiger partial charge in [-0.2, -0.15) is 0 Å². The first-order valence-corrected chi connectivity index (χ1v) is 11.4. The Kier molecular flexibility index (Phi) is 7.35. The van der Waals surface area contributed by atoms with Crippen LogP contribution < -0.4 is 10.1 Å². The Morgan fingerprint density at radius 3 is 2.57 bits per heavy atom. The number of fused-ring (bicyclic) bond motifs is 1. The Labute approximate surface area is 204 Å². The summed E-state index contributed by atoms with van der Waals surface area (Å²) in [6.07, 6.45) is 1.66. The molecule has 0 aliphatic heterocycles. The smallest absolute Gasteiger partial charge is 0.325 e. The van der Waals surface area contributed by atoms with Gasteiger partial charge in [-0.15, -0.1) is 0 Å². The maximum Gasteiger partial charge on any atom is 0.325 e. The van der Waals surface area contributed by atoms with Gasteiger partial charge < -0.3 is 14.8 Å². The summed E-state index contributed by atoms with van der Waals surface area (Å²) in [7, 11) is 0. The molecule has 0 bridgehead atoms. The first-order chi connectivity index (χ1) is 17.0. The summed E-state index contributed by atoms with van der Waals surface area (Å²) in [5.41, 5.74) is 5.50. The Hall–Kier alpha value is -4.26. The van der Waals surface area contributed by atoms with Gasteiger partial charge in [-0.05, 0) is 50.1 Å². The molecule has 2 aromatic carbocycles. The number of aromatic nitrogens is 2. The molecule has 0 aliphatic rings. The molecule has 178 valence electrons. The maximum atomic E-state index is 12.9. The second-order valence-corrected chi connectivity index (χ2v) is 8.10. The molecule has 0 fully saturated rings. The van der Waals surface area contributed by atoms with Gasteiger partial charge in [-0.25, -0.2) is 4.98 Å². The van der Waals surface area contributed by atoms with Gasteiger partial charge in [0.2, 0.25) is 0 Å². The summed E-state index contributed by atoms with van der Waals surface area (Å²) >= 11 is 0. The number of pyridine rings is 2. The topological polar surface area (TPSA) is 90.4 Å². The van der Waals surface area contributed by atoms with E-state index in [9.17, 15) is 9.59 Å². The van der Waals surface area contributed by atoms with Crippen LogP contribution in [-0.2, 0) is 16.1 Å². The van der Waals surface area contributed by atoms with Gasteiger partial charge in [-0.3, -0.25) is 14.6 Å². The van der Waals surface area contributed by atoms with Crippen molar-refractivity contribution in [3.63, 3.8) is 0 Å². The number of amides is 1. The molecule has 1 amide bonds. The van der Waals surface area contributed by atoms with Crippen molar-refractivity contribution in [3.05, 3.63) is 89.4 Å². The fourth-order valence-electron chi connectivity index (χ4n) is 3.79. The predicted octanol–water partition coefficient (Wildman–Crippen LogP) is 4.79. The van der Waals surface area contributed by atoms with Crippen LogP contribution in [0.25, 0.3) is 22.0 Å². The van der Waals surface area contributed by atoms with Gasteiger partial charge in [0, 0.05) is 28.4 Å². The van der Waals surface area contributed by atoms with Crippen molar-refractivity contribution in [3.8, 4) is 16.9 Å². The van der Waals surface area contributed by atoms with Crippen LogP contribution >= 0.6 is 0 Å². The van der Waals surface area contributed by atoms with E-state index in [0.29, 0.717) is 5.75 Å². The average molecular weight is 470 g/mol. The summed E-state index contributed by atoms with van der Waals surface area (Å²) in [5, 5.41) is 3.58. The van der Waals surface area contributed by atoms with E-state index in [2.05, 4.69) is 15.3 Å². The quantitative estimate of drug-likeness (QED) is 0.373. The maximum absolute atomic E-state index is 12.9. The first-order valence-electron chi connectivity index (χ1n) is 11.4. The van der Waals surface area contributed by atoms with Crippen LogP contribution in [0.15, 0.2) is 66.9 Å². The van der Waals surface area contributed by atoms with Gasteiger partial charge >= 0.3 is 5.97 Å². The second-order valence-electron chi connectivity index (χ2n) is 8.10. The zero-order valence-corrected chi connectivity index (χ0v) is 20.0. The van der Waals surface area contributed by atoms with Gasteiger partial charge in [0.05, 0.1) is 12.1 Å². The summed E-state index contributed by atoms with van der Waals surface area (Å²) in [6.45, 7) is 5.84. The molecule has 0 aliphatic carbocycles. The van der Waals surface area contributed by atoms with Gasteiger partial charge in [0.25, 0.3) is 5.91 Å². The fourth-order valence-corrected chi connectivity index (χ4v) is 3.79. The summed E-state index contributed by atoms with van der Waals surface area (Å²) in [6, 6.07) is 19.7. The van der Waals surface area contributed by atoms with E-state index in [1.54, 1.807) is 13.1 Å². The molecule has 7 nitrogen and oxygen atoms in total. The van der Waals surface area contributed by atoms with Crippen LogP contribution in [0.2, 0.25) is 0 Å². The molecule has 0 atom stereocenters. The van der Waals surface area contributed by atoms with Crippen molar-refractivity contribution in [2.75, 3.05) is 13.2 Å². The standard InChI is InChI=1S/C28H27N3O4/c1-4-34-25(32)16-30-28(33)26-27(35-17-20-8-6-5-7-9-20)19(3)23(15-29-26)21-12-13-24-22(14-21)11-10-18(2)31-24/h5-15H,4,16-17H2,1-3H3,(H,30,33). The Morgan fingerprint density at radius 1 is 1.00 bits per heavy atom. The van der Waals surface area contributed by atoms with E-state index in [1.165, 1.54) is 0 Å². The van der Waals surface area contributed by atoms with E-state index in [0.717, 1.165) is 38.9 Å². The normalized spacial score (nSPS) is 10.7.